The Balaban J connectivity index is 0.823. The van der Waals surface area contributed by atoms with Crippen molar-refractivity contribution in [3.05, 3.63) is 124 Å². The summed E-state index contributed by atoms with van der Waals surface area (Å²) in [7, 11) is 0. The molecule has 0 saturated carbocycles. The molecule has 3 heterocycles. The minimum atomic E-state index is -1.70. The highest BCUT2D eigenvalue weighted by Gasteiger charge is 2.53. The molecule has 1 aliphatic carbocycles. The van der Waals surface area contributed by atoms with Gasteiger partial charge in [-0.25, -0.2) is 4.79 Å². The number of hydrogen-bond acceptors (Lipinski definition) is 14. The van der Waals surface area contributed by atoms with E-state index in [1.54, 1.807) is 18.2 Å². The van der Waals surface area contributed by atoms with Crippen LogP contribution in [0.15, 0.2) is 97.1 Å². The molecule has 3 aliphatic heterocycles. The molecule has 8 rings (SSSR count). The number of aliphatic hydroxyl groups is 5. The van der Waals surface area contributed by atoms with Crippen molar-refractivity contribution in [2.45, 2.75) is 93.2 Å². The number of nitrogens with one attached hydrogen (secondary N) is 2. The monoisotopic (exact) mass is 862 g/mol. The Morgan fingerprint density at radius 2 is 1.49 bits per heavy atom. The van der Waals surface area contributed by atoms with Crippen LogP contribution in [0.1, 0.15) is 41.4 Å². The lowest BCUT2D eigenvalue weighted by Crippen LogP contribution is -2.65. The number of hydrogen-bond donors (Lipinski definition) is 7. The first kappa shape index (κ1) is 43.1. The predicted molar refractivity (Wildman–Crippen MR) is 216 cm³/mol. The average Bonchev–Trinajstić information content (AvgIpc) is 3.60. The lowest BCUT2D eigenvalue weighted by Gasteiger charge is -2.48. The molecule has 1 unspecified atom stereocenters. The van der Waals surface area contributed by atoms with Crippen molar-refractivity contribution in [3.8, 4) is 11.1 Å². The summed E-state index contributed by atoms with van der Waals surface area (Å²) in [4.78, 5) is 26.0. The van der Waals surface area contributed by atoms with Gasteiger partial charge in [-0.05, 0) is 46.9 Å². The Morgan fingerprint density at radius 1 is 0.820 bits per heavy atom. The van der Waals surface area contributed by atoms with Crippen LogP contribution in [-0.4, -0.2) is 125 Å². The second kappa shape index (κ2) is 18.8. The predicted octanol–water partition coefficient (Wildman–Crippen LogP) is 3.11. The molecule has 4 aromatic carbocycles. The third-order valence-electron chi connectivity index (χ3n) is 11.3. The molecular formula is C44H47ClN2O14. The highest BCUT2D eigenvalue weighted by molar-refractivity contribution is 6.33. The Hall–Kier alpha value is -4.53. The van der Waals surface area contributed by atoms with Crippen LogP contribution in [0.4, 0.5) is 10.5 Å². The van der Waals surface area contributed by atoms with Crippen LogP contribution in [0.5, 0.6) is 0 Å². The maximum atomic E-state index is 13.2. The summed E-state index contributed by atoms with van der Waals surface area (Å²) < 4.78 is 40.7. The van der Waals surface area contributed by atoms with Crippen molar-refractivity contribution in [1.29, 1.82) is 0 Å². The van der Waals surface area contributed by atoms with Crippen molar-refractivity contribution in [3.63, 3.8) is 0 Å². The maximum Gasteiger partial charge on any atom is 0.407 e. The first-order valence-electron chi connectivity index (χ1n) is 19.9. The zero-order valence-corrected chi connectivity index (χ0v) is 33.6. The van der Waals surface area contributed by atoms with E-state index in [2.05, 4.69) is 10.6 Å². The average molecular weight is 863 g/mol. The summed E-state index contributed by atoms with van der Waals surface area (Å²) in [5.41, 5.74) is 5.71. The number of aliphatic hydroxyl groups excluding tert-OH is 5. The Morgan fingerprint density at radius 3 is 2.20 bits per heavy atom. The summed E-state index contributed by atoms with van der Waals surface area (Å²) in [5.74, 6) is -0.723. The molecule has 3 fully saturated rings. The standard InChI is InChI=1S/C44H47ClN2O14/c1-22(46-44(54)57-20-29-27-13-7-5-11-25(27)26-12-6-8-14-28(26)29)40(53)47-31-17-23(15-16-30(31)45)19-55-42-36(51)34(49)38(32(18-48)58-42)61-43-37(52)35(50)39-33(59-43)21-56-41(60-39)24-9-3-2-4-10-24/h2-17,22,29,32-39,41-43,48-52H,18-21H2,1H3,(H,46,54)(H,47,53)/t22-,32+,33+,34+,35+,36+,37+,38+,39+,41?,42+,43+/m0/s1. The smallest absolute Gasteiger partial charge is 0.407 e. The fourth-order valence-corrected chi connectivity index (χ4v) is 8.21. The topological polar surface area (TPSA) is 224 Å². The molecule has 0 radical (unpaired) electrons. The van der Waals surface area contributed by atoms with E-state index < -0.39 is 92.4 Å². The quantitative estimate of drug-likeness (QED) is 0.109. The lowest BCUT2D eigenvalue weighted by atomic mass is 9.96. The van der Waals surface area contributed by atoms with Gasteiger partial charge in [-0.1, -0.05) is 96.5 Å². The van der Waals surface area contributed by atoms with Crippen LogP contribution >= 0.6 is 11.6 Å². The first-order chi connectivity index (χ1) is 29.5. The van der Waals surface area contributed by atoms with Crippen molar-refractivity contribution >= 4 is 29.3 Å². The van der Waals surface area contributed by atoms with E-state index in [-0.39, 0.29) is 36.4 Å². The second-order valence-electron chi connectivity index (χ2n) is 15.3. The van der Waals surface area contributed by atoms with Crippen LogP contribution in [0.25, 0.3) is 11.1 Å². The van der Waals surface area contributed by atoms with E-state index >= 15 is 0 Å². The lowest BCUT2D eigenvalue weighted by molar-refractivity contribution is -0.386. The molecule has 4 aromatic rings. The van der Waals surface area contributed by atoms with Crippen molar-refractivity contribution < 1.29 is 68.3 Å². The maximum absolute atomic E-state index is 13.2. The van der Waals surface area contributed by atoms with Gasteiger partial charge in [0.05, 0.1) is 30.5 Å². The number of halogens is 1. The minimum Gasteiger partial charge on any atom is -0.449 e. The van der Waals surface area contributed by atoms with Crippen molar-refractivity contribution in [2.75, 3.05) is 25.1 Å². The molecule has 0 aromatic heterocycles. The van der Waals surface area contributed by atoms with Crippen LogP contribution in [0.3, 0.4) is 0 Å². The van der Waals surface area contributed by atoms with Crippen LogP contribution in [0.2, 0.25) is 5.02 Å². The van der Waals surface area contributed by atoms with Gasteiger partial charge in [0.15, 0.2) is 18.9 Å². The fourth-order valence-electron chi connectivity index (χ4n) is 8.04. The van der Waals surface area contributed by atoms with Gasteiger partial charge in [0.1, 0.15) is 61.5 Å². The summed E-state index contributed by atoms with van der Waals surface area (Å²) in [5, 5.41) is 59.8. The van der Waals surface area contributed by atoms with Gasteiger partial charge in [-0.3, -0.25) is 4.79 Å². The molecule has 324 valence electrons. The van der Waals surface area contributed by atoms with Gasteiger partial charge in [0.25, 0.3) is 0 Å². The zero-order chi connectivity index (χ0) is 42.8. The number of rotatable bonds is 12. The van der Waals surface area contributed by atoms with Gasteiger partial charge in [0.2, 0.25) is 5.91 Å². The molecule has 61 heavy (non-hydrogen) atoms. The van der Waals surface area contributed by atoms with Crippen molar-refractivity contribution in [2.24, 2.45) is 0 Å². The number of alkyl carbamates (subject to hydrolysis) is 1. The number of carbonyl (C=O) groups is 2. The van der Waals surface area contributed by atoms with E-state index in [1.165, 1.54) is 19.1 Å². The molecule has 17 heteroatoms. The third-order valence-corrected chi connectivity index (χ3v) is 11.6. The van der Waals surface area contributed by atoms with Gasteiger partial charge < -0.3 is 69.3 Å². The summed E-state index contributed by atoms with van der Waals surface area (Å²) in [6, 6.07) is 28.6. The molecule has 7 N–H and O–H groups in total. The number of benzene rings is 4. The van der Waals surface area contributed by atoms with Crippen LogP contribution < -0.4 is 10.6 Å². The Bertz CT molecular complexity index is 2120. The minimum absolute atomic E-state index is 0.00708. The third kappa shape index (κ3) is 9.18. The number of anilines is 1. The van der Waals surface area contributed by atoms with E-state index in [4.69, 9.17) is 44.8 Å². The summed E-state index contributed by atoms with van der Waals surface area (Å²) in [6.07, 6.45) is -15.5. The van der Waals surface area contributed by atoms with Crippen LogP contribution in [-0.2, 0) is 44.6 Å². The number of fused-ring (bicyclic) bond motifs is 4. The zero-order valence-electron chi connectivity index (χ0n) is 32.9. The van der Waals surface area contributed by atoms with E-state index in [1.807, 2.05) is 66.7 Å². The molecule has 12 atom stereocenters. The number of amides is 2. The number of ether oxygens (including phenoxy) is 7. The van der Waals surface area contributed by atoms with E-state index in [0.29, 0.717) is 5.56 Å². The summed E-state index contributed by atoms with van der Waals surface area (Å²) in [6.45, 7) is 0.688. The molecule has 3 saturated heterocycles. The normalized spacial score (nSPS) is 30.0. The van der Waals surface area contributed by atoms with Gasteiger partial charge in [0, 0.05) is 11.5 Å². The van der Waals surface area contributed by atoms with Crippen LogP contribution in [0, 0.1) is 0 Å². The van der Waals surface area contributed by atoms with Crippen molar-refractivity contribution in [1.82, 2.24) is 5.32 Å². The first-order valence-corrected chi connectivity index (χ1v) is 20.3. The molecule has 16 nitrogen and oxygen atoms in total. The highest BCUT2D eigenvalue weighted by Crippen LogP contribution is 2.44. The van der Waals surface area contributed by atoms with E-state index in [0.717, 1.165) is 27.8 Å². The van der Waals surface area contributed by atoms with Gasteiger partial charge in [-0.2, -0.15) is 0 Å². The molecular weight excluding hydrogens is 816 g/mol. The highest BCUT2D eigenvalue weighted by atomic mass is 35.5. The van der Waals surface area contributed by atoms with Gasteiger partial charge >= 0.3 is 6.09 Å². The van der Waals surface area contributed by atoms with E-state index in [9.17, 15) is 35.1 Å². The summed E-state index contributed by atoms with van der Waals surface area (Å²) >= 11 is 6.40. The second-order valence-corrected chi connectivity index (χ2v) is 15.7. The molecule has 2 amide bonds. The largest absolute Gasteiger partial charge is 0.449 e. The molecule has 4 aliphatic rings. The Labute approximate surface area is 355 Å². The Kier molecular flexibility index (Phi) is 13.3. The molecule has 0 bridgehead atoms. The van der Waals surface area contributed by atoms with Gasteiger partial charge in [-0.15, -0.1) is 0 Å². The molecule has 0 spiro atoms. The number of carbonyl (C=O) groups excluding carboxylic acids is 2. The fraction of sp³-hybridized carbons (Fsp3) is 0.409. The SMILES string of the molecule is C[C@H](NC(=O)OCC1c2ccccc2-c2ccccc21)C(=O)Nc1cc(CO[C@@H]2O[C@H](CO)[C@@H](O[C@H]3O[C@@H]4COC(c5ccccc5)O[C@H]4[C@H](O)[C@H]3O)[C@H](O)[C@H]2O)ccc1Cl.